The molecular weight excluding hydrogens is 296 g/mol. The van der Waals surface area contributed by atoms with Crippen molar-refractivity contribution in [3.8, 4) is 0 Å². The molecule has 2 aliphatic rings. The number of cyclic esters (lactones) is 1. The number of ether oxygens (including phenoxy) is 1. The number of hydrogen-bond acceptors (Lipinski definition) is 4. The monoisotopic (exact) mass is 314 g/mol. The molecule has 0 N–H and O–H groups in total. The Balaban J connectivity index is 1.48. The largest absolute Gasteiger partial charge is 0.464 e. The molecule has 2 fully saturated rings. The Morgan fingerprint density at radius 2 is 2.22 bits per heavy atom. The normalized spacial score (nSPS) is 20.7. The lowest BCUT2D eigenvalue weighted by Gasteiger charge is -2.35. The Bertz CT molecular complexity index is 782. The molecule has 6 heteroatoms. The van der Waals surface area contributed by atoms with Gasteiger partial charge in [-0.15, -0.1) is 0 Å². The molecule has 4 rings (SSSR count). The zero-order valence-electron chi connectivity index (χ0n) is 12.9. The highest BCUT2D eigenvalue weighted by Gasteiger charge is 2.38. The van der Waals surface area contributed by atoms with Gasteiger partial charge in [0, 0.05) is 30.6 Å². The SMILES string of the molecule is Cc1ccc2c(CC(=O)N3CCN4C(=O)OC[C@H]4C3)coc2c1. The van der Waals surface area contributed by atoms with Gasteiger partial charge in [-0.1, -0.05) is 12.1 Å². The smallest absolute Gasteiger partial charge is 0.410 e. The van der Waals surface area contributed by atoms with Gasteiger partial charge in [0.25, 0.3) is 0 Å². The van der Waals surface area contributed by atoms with Gasteiger partial charge in [0.2, 0.25) is 5.91 Å². The maximum absolute atomic E-state index is 12.6. The zero-order valence-corrected chi connectivity index (χ0v) is 12.9. The van der Waals surface area contributed by atoms with Crippen LogP contribution in [0.1, 0.15) is 11.1 Å². The second-order valence-corrected chi connectivity index (χ2v) is 6.20. The molecule has 0 aliphatic carbocycles. The summed E-state index contributed by atoms with van der Waals surface area (Å²) in [5, 5.41) is 0.988. The number of carbonyl (C=O) groups excluding carboxylic acids is 2. The Morgan fingerprint density at radius 1 is 1.35 bits per heavy atom. The highest BCUT2D eigenvalue weighted by atomic mass is 16.6. The highest BCUT2D eigenvalue weighted by Crippen LogP contribution is 2.24. The second-order valence-electron chi connectivity index (χ2n) is 6.20. The minimum atomic E-state index is -0.265. The number of hydrogen-bond donors (Lipinski definition) is 0. The molecule has 2 saturated heterocycles. The van der Waals surface area contributed by atoms with Crippen molar-refractivity contribution in [2.75, 3.05) is 26.2 Å². The topological polar surface area (TPSA) is 63.0 Å². The lowest BCUT2D eigenvalue weighted by molar-refractivity contribution is -0.132. The number of piperazine rings is 1. The summed E-state index contributed by atoms with van der Waals surface area (Å²) in [5.74, 6) is 0.0623. The van der Waals surface area contributed by atoms with Crippen LogP contribution in [0.25, 0.3) is 11.0 Å². The molecule has 2 aromatic rings. The van der Waals surface area contributed by atoms with Crippen molar-refractivity contribution in [2.45, 2.75) is 19.4 Å². The molecule has 2 aliphatic heterocycles. The van der Waals surface area contributed by atoms with Crippen molar-refractivity contribution >= 4 is 23.0 Å². The van der Waals surface area contributed by atoms with Gasteiger partial charge in [-0.2, -0.15) is 0 Å². The van der Waals surface area contributed by atoms with E-state index in [-0.39, 0.29) is 18.0 Å². The molecule has 1 aromatic heterocycles. The van der Waals surface area contributed by atoms with Crippen molar-refractivity contribution in [2.24, 2.45) is 0 Å². The molecule has 0 bridgehead atoms. The summed E-state index contributed by atoms with van der Waals surface area (Å²) < 4.78 is 10.6. The fourth-order valence-corrected chi connectivity index (χ4v) is 3.32. The number of fused-ring (bicyclic) bond motifs is 2. The van der Waals surface area contributed by atoms with Crippen LogP contribution in [-0.4, -0.2) is 54.1 Å². The fraction of sp³-hybridized carbons (Fsp3) is 0.412. The van der Waals surface area contributed by atoms with E-state index in [1.54, 1.807) is 11.2 Å². The summed E-state index contributed by atoms with van der Waals surface area (Å²) in [6.45, 7) is 4.02. The summed E-state index contributed by atoms with van der Waals surface area (Å²) in [7, 11) is 0. The van der Waals surface area contributed by atoms with Gasteiger partial charge in [0.05, 0.1) is 18.7 Å². The first kappa shape index (κ1) is 14.1. The van der Waals surface area contributed by atoms with Crippen LogP contribution in [0.2, 0.25) is 0 Å². The summed E-state index contributed by atoms with van der Waals surface area (Å²) >= 11 is 0. The molecule has 0 unspecified atom stereocenters. The maximum Gasteiger partial charge on any atom is 0.410 e. The van der Waals surface area contributed by atoms with Gasteiger partial charge in [0.1, 0.15) is 12.2 Å². The lowest BCUT2D eigenvalue weighted by Crippen LogP contribution is -2.54. The molecule has 2 amide bonds. The number of rotatable bonds is 2. The van der Waals surface area contributed by atoms with E-state index in [0.717, 1.165) is 22.1 Å². The Kier molecular flexibility index (Phi) is 3.25. The van der Waals surface area contributed by atoms with E-state index in [4.69, 9.17) is 9.15 Å². The molecule has 23 heavy (non-hydrogen) atoms. The molecule has 1 aromatic carbocycles. The van der Waals surface area contributed by atoms with Crippen molar-refractivity contribution in [3.05, 3.63) is 35.6 Å². The maximum atomic E-state index is 12.6. The van der Waals surface area contributed by atoms with Gasteiger partial charge in [-0.3, -0.25) is 9.69 Å². The molecule has 3 heterocycles. The van der Waals surface area contributed by atoms with Crippen LogP contribution in [0.5, 0.6) is 0 Å². The van der Waals surface area contributed by atoms with E-state index in [2.05, 4.69) is 0 Å². The van der Waals surface area contributed by atoms with Gasteiger partial charge in [-0.25, -0.2) is 4.79 Å². The minimum Gasteiger partial charge on any atom is -0.464 e. The number of amides is 2. The number of carbonyl (C=O) groups is 2. The average Bonchev–Trinajstić information content (AvgIpc) is 3.11. The first-order valence-corrected chi connectivity index (χ1v) is 7.80. The van der Waals surface area contributed by atoms with Crippen molar-refractivity contribution < 1.29 is 18.7 Å². The summed E-state index contributed by atoms with van der Waals surface area (Å²) in [4.78, 5) is 27.6. The van der Waals surface area contributed by atoms with E-state index in [1.165, 1.54) is 0 Å². The number of aryl methyl sites for hydroxylation is 1. The molecule has 0 spiro atoms. The van der Waals surface area contributed by atoms with E-state index in [0.29, 0.717) is 32.7 Å². The molecule has 120 valence electrons. The summed E-state index contributed by atoms with van der Waals surface area (Å²) in [5.41, 5.74) is 2.85. The van der Waals surface area contributed by atoms with Gasteiger partial charge < -0.3 is 14.1 Å². The quantitative estimate of drug-likeness (QED) is 0.850. The first-order valence-electron chi connectivity index (χ1n) is 7.80. The third kappa shape index (κ3) is 2.44. The zero-order chi connectivity index (χ0) is 16.0. The van der Waals surface area contributed by atoms with Crippen molar-refractivity contribution in [1.82, 2.24) is 9.80 Å². The first-order chi connectivity index (χ1) is 11.1. The highest BCUT2D eigenvalue weighted by molar-refractivity contribution is 5.88. The van der Waals surface area contributed by atoms with Gasteiger partial charge in [0.15, 0.2) is 0 Å². The Labute approximate surface area is 133 Å². The predicted molar refractivity (Wildman–Crippen MR) is 83.1 cm³/mol. The van der Waals surface area contributed by atoms with E-state index in [9.17, 15) is 9.59 Å². The molecule has 0 saturated carbocycles. The molecular formula is C17H18N2O4. The third-order valence-electron chi connectivity index (χ3n) is 4.62. The number of furan rings is 1. The van der Waals surface area contributed by atoms with Gasteiger partial charge >= 0.3 is 6.09 Å². The molecule has 1 atom stereocenters. The number of nitrogens with zero attached hydrogens (tertiary/aromatic N) is 2. The Morgan fingerprint density at radius 3 is 3.09 bits per heavy atom. The van der Waals surface area contributed by atoms with Crippen LogP contribution in [0.15, 0.2) is 28.9 Å². The van der Waals surface area contributed by atoms with E-state index in [1.807, 2.05) is 30.0 Å². The summed E-state index contributed by atoms with van der Waals surface area (Å²) in [6, 6.07) is 5.98. The average molecular weight is 314 g/mol. The van der Waals surface area contributed by atoms with Crippen LogP contribution in [0, 0.1) is 6.92 Å². The molecule has 0 radical (unpaired) electrons. The van der Waals surface area contributed by atoms with E-state index < -0.39 is 0 Å². The van der Waals surface area contributed by atoms with Crippen LogP contribution < -0.4 is 0 Å². The standard InChI is InChI=1S/C17H18N2O4/c1-11-2-3-14-12(9-22-15(14)6-11)7-16(20)18-4-5-19-13(8-18)10-23-17(19)21/h2-3,6,9,13H,4-5,7-8,10H2,1H3/t13-/m1/s1. The Hall–Kier alpha value is -2.50. The van der Waals surface area contributed by atoms with E-state index >= 15 is 0 Å². The van der Waals surface area contributed by atoms with Crippen molar-refractivity contribution in [3.63, 3.8) is 0 Å². The predicted octanol–water partition coefficient (Wildman–Crippen LogP) is 1.95. The lowest BCUT2D eigenvalue weighted by atomic mass is 10.1. The van der Waals surface area contributed by atoms with Crippen LogP contribution in [-0.2, 0) is 16.0 Å². The number of benzene rings is 1. The van der Waals surface area contributed by atoms with Gasteiger partial charge in [-0.05, 0) is 18.6 Å². The minimum absolute atomic E-state index is 0.0102. The fourth-order valence-electron chi connectivity index (χ4n) is 3.32. The second kappa shape index (κ2) is 5.30. The van der Waals surface area contributed by atoms with Crippen LogP contribution >= 0.6 is 0 Å². The van der Waals surface area contributed by atoms with Crippen LogP contribution in [0.4, 0.5) is 4.79 Å². The van der Waals surface area contributed by atoms with Crippen LogP contribution in [0.3, 0.4) is 0 Å². The summed E-state index contributed by atoms with van der Waals surface area (Å²) in [6.07, 6.45) is 1.72. The molecule has 6 nitrogen and oxygen atoms in total. The van der Waals surface area contributed by atoms with Crippen molar-refractivity contribution in [1.29, 1.82) is 0 Å². The third-order valence-corrected chi connectivity index (χ3v) is 4.62.